The zero-order chi connectivity index (χ0) is 18.2. The summed E-state index contributed by atoms with van der Waals surface area (Å²) in [6.07, 6.45) is 10.3. The van der Waals surface area contributed by atoms with Crippen LogP contribution in [0.3, 0.4) is 0 Å². The van der Waals surface area contributed by atoms with Crippen molar-refractivity contribution in [3.8, 4) is 0 Å². The molecule has 1 nitrogen and oxygen atoms in total. The van der Waals surface area contributed by atoms with Gasteiger partial charge in [0.2, 0.25) is 0 Å². The molecule has 0 saturated carbocycles. The summed E-state index contributed by atoms with van der Waals surface area (Å²) in [7, 11) is 0. The minimum absolute atomic E-state index is 0.171. The maximum Gasteiger partial charge on any atom is 0.0414 e. The van der Waals surface area contributed by atoms with Crippen LogP contribution in [0.15, 0.2) is 47.3 Å². The molecule has 0 saturated heterocycles. The van der Waals surface area contributed by atoms with Crippen molar-refractivity contribution in [2.75, 3.05) is 0 Å². The van der Waals surface area contributed by atoms with Gasteiger partial charge < -0.3 is 4.90 Å². The zero-order valence-corrected chi connectivity index (χ0v) is 17.1. The third-order valence-corrected chi connectivity index (χ3v) is 5.18. The van der Waals surface area contributed by atoms with Crippen LogP contribution in [-0.2, 0) is 0 Å². The van der Waals surface area contributed by atoms with E-state index in [1.54, 1.807) is 0 Å². The highest BCUT2D eigenvalue weighted by atomic mass is 15.2. The first-order valence-corrected chi connectivity index (χ1v) is 9.08. The van der Waals surface area contributed by atoms with Crippen molar-refractivity contribution in [1.82, 2.24) is 4.90 Å². The molecule has 2 atom stereocenters. The van der Waals surface area contributed by atoms with Crippen LogP contribution in [0, 0.1) is 5.92 Å². The summed E-state index contributed by atoms with van der Waals surface area (Å²) in [4.78, 5) is 2.54. The van der Waals surface area contributed by atoms with Crippen molar-refractivity contribution >= 4 is 0 Å². The van der Waals surface area contributed by atoms with Crippen LogP contribution in [0.25, 0.3) is 0 Å². The molecular formula is C22H39N. The summed E-state index contributed by atoms with van der Waals surface area (Å²) >= 11 is 0. The second-order valence-electron chi connectivity index (χ2n) is 7.13. The highest BCUT2D eigenvalue weighted by Gasteiger charge is 2.30. The Hall–Kier alpha value is -1.24. The van der Waals surface area contributed by atoms with Gasteiger partial charge >= 0.3 is 0 Å². The van der Waals surface area contributed by atoms with E-state index in [-0.39, 0.29) is 5.54 Å². The Morgan fingerprint density at radius 3 is 2.13 bits per heavy atom. The molecule has 0 aromatic carbocycles. The number of hydrogen-bond acceptors (Lipinski definition) is 1. The Morgan fingerprint density at radius 2 is 1.74 bits per heavy atom. The van der Waals surface area contributed by atoms with E-state index >= 15 is 0 Å². The predicted octanol–water partition coefficient (Wildman–Crippen LogP) is 7.24. The summed E-state index contributed by atoms with van der Waals surface area (Å²) in [5.41, 5.74) is 5.39. The van der Waals surface area contributed by atoms with Crippen molar-refractivity contribution in [3.05, 3.63) is 47.3 Å². The van der Waals surface area contributed by atoms with Crippen LogP contribution in [0.4, 0.5) is 0 Å². The molecule has 0 bridgehead atoms. The van der Waals surface area contributed by atoms with E-state index in [1.165, 1.54) is 35.4 Å². The summed E-state index contributed by atoms with van der Waals surface area (Å²) in [6, 6.07) is 0. The van der Waals surface area contributed by atoms with Gasteiger partial charge in [0.05, 0.1) is 0 Å². The smallest absolute Gasteiger partial charge is 0.0414 e. The second kappa shape index (κ2) is 9.80. The lowest BCUT2D eigenvalue weighted by atomic mass is 9.89. The van der Waals surface area contributed by atoms with E-state index in [4.69, 9.17) is 0 Å². The summed E-state index contributed by atoms with van der Waals surface area (Å²) < 4.78 is 0. The number of nitrogens with zero attached hydrogens (tertiary/aromatic N) is 1. The molecule has 1 heteroatoms. The molecule has 23 heavy (non-hydrogen) atoms. The zero-order valence-electron chi connectivity index (χ0n) is 17.1. The molecule has 0 N–H and O–H groups in total. The van der Waals surface area contributed by atoms with E-state index in [0.717, 1.165) is 6.42 Å². The molecule has 0 spiro atoms. The van der Waals surface area contributed by atoms with Crippen molar-refractivity contribution in [3.63, 3.8) is 0 Å². The normalized spacial score (nSPS) is 17.7. The van der Waals surface area contributed by atoms with Crippen LogP contribution in [0.2, 0.25) is 0 Å². The van der Waals surface area contributed by atoms with Crippen LogP contribution >= 0.6 is 0 Å². The van der Waals surface area contributed by atoms with Gasteiger partial charge in [-0.25, -0.2) is 0 Å². The third-order valence-electron chi connectivity index (χ3n) is 5.18. The molecule has 2 unspecified atom stereocenters. The Kier molecular flexibility index (Phi) is 9.27. The van der Waals surface area contributed by atoms with Crippen LogP contribution in [0.5, 0.6) is 0 Å². The highest BCUT2D eigenvalue weighted by molar-refractivity contribution is 5.28. The Bertz CT molecular complexity index is 478. The first-order chi connectivity index (χ1) is 10.6. The largest absolute Gasteiger partial charge is 0.344 e. The van der Waals surface area contributed by atoms with Gasteiger partial charge in [-0.1, -0.05) is 57.6 Å². The first-order valence-electron chi connectivity index (χ1n) is 9.08. The van der Waals surface area contributed by atoms with Gasteiger partial charge in [0.1, 0.15) is 0 Å². The van der Waals surface area contributed by atoms with Gasteiger partial charge in [-0.15, -0.1) is 0 Å². The fourth-order valence-electron chi connectivity index (χ4n) is 2.96. The van der Waals surface area contributed by atoms with Gasteiger partial charge in [0.25, 0.3) is 0 Å². The molecule has 132 valence electrons. The molecule has 0 heterocycles. The topological polar surface area (TPSA) is 3.24 Å². The summed E-state index contributed by atoms with van der Waals surface area (Å²) in [5, 5.41) is 0. The fourth-order valence-corrected chi connectivity index (χ4v) is 2.96. The van der Waals surface area contributed by atoms with Gasteiger partial charge in [0, 0.05) is 16.9 Å². The maximum atomic E-state index is 4.04. The number of allylic oxidation sites excluding steroid dienone is 7. The fraction of sp³-hybridized carbons (Fsp3) is 0.636. The molecule has 0 rings (SSSR count). The van der Waals surface area contributed by atoms with Crippen molar-refractivity contribution in [1.29, 1.82) is 0 Å². The maximum absolute atomic E-state index is 4.04. The molecule has 0 radical (unpaired) electrons. The van der Waals surface area contributed by atoms with Crippen molar-refractivity contribution < 1.29 is 0 Å². The molecule has 0 amide bonds. The minimum Gasteiger partial charge on any atom is -0.344 e. The first kappa shape index (κ1) is 21.8. The van der Waals surface area contributed by atoms with Crippen LogP contribution in [0.1, 0.15) is 81.6 Å². The van der Waals surface area contributed by atoms with Crippen molar-refractivity contribution in [2.45, 2.75) is 87.1 Å². The molecule has 0 aliphatic carbocycles. The summed E-state index contributed by atoms with van der Waals surface area (Å²) in [5.74, 6) is 0.419. The molecule has 0 aliphatic rings. The van der Waals surface area contributed by atoms with Gasteiger partial charge in [0.15, 0.2) is 0 Å². The lowest BCUT2D eigenvalue weighted by Crippen LogP contribution is -2.43. The van der Waals surface area contributed by atoms with E-state index in [2.05, 4.69) is 92.0 Å². The highest BCUT2D eigenvalue weighted by Crippen LogP contribution is 2.34. The Labute approximate surface area is 145 Å². The van der Waals surface area contributed by atoms with E-state index in [9.17, 15) is 0 Å². The Morgan fingerprint density at radius 1 is 1.17 bits per heavy atom. The molecule has 0 aliphatic heterocycles. The van der Waals surface area contributed by atoms with Crippen molar-refractivity contribution in [2.24, 2.45) is 5.92 Å². The molecular weight excluding hydrogens is 278 g/mol. The van der Waals surface area contributed by atoms with Gasteiger partial charge in [-0.2, -0.15) is 0 Å². The predicted molar refractivity (Wildman–Crippen MR) is 106 cm³/mol. The second-order valence-corrected chi connectivity index (χ2v) is 7.13. The monoisotopic (exact) mass is 317 g/mol. The van der Waals surface area contributed by atoms with Gasteiger partial charge in [-0.3, -0.25) is 0 Å². The Balaban J connectivity index is 5.81. The summed E-state index contributed by atoms with van der Waals surface area (Å²) in [6.45, 7) is 24.1. The number of rotatable bonds is 9. The van der Waals surface area contributed by atoms with Crippen LogP contribution in [-0.4, -0.2) is 10.4 Å². The molecule has 0 aromatic rings. The average Bonchev–Trinajstić information content (AvgIpc) is 2.51. The number of hydrogen-bond donors (Lipinski definition) is 0. The van der Waals surface area contributed by atoms with Gasteiger partial charge in [-0.05, 0) is 65.9 Å². The quantitative estimate of drug-likeness (QED) is 0.320. The van der Waals surface area contributed by atoms with E-state index < -0.39 is 0 Å². The van der Waals surface area contributed by atoms with E-state index in [1.807, 2.05) is 0 Å². The minimum atomic E-state index is 0.171. The third kappa shape index (κ3) is 6.05. The molecule has 0 aromatic heterocycles. The lowest BCUT2D eigenvalue weighted by Gasteiger charge is -2.44. The SMILES string of the molecule is C=C(C)C(C)/C=C\C(C)=C(/C)N(C(C)=CC)C(C)(CC)CCC. The average molecular weight is 318 g/mol. The molecule has 0 fully saturated rings. The van der Waals surface area contributed by atoms with E-state index in [0.29, 0.717) is 5.92 Å². The standard InChI is InChI=1S/C22H39N/c1-11-16-22(10,13-3)23(20(8)12-2)21(9)19(7)15-14-18(6)17(4)5/h12,14-15,18H,4,11,13,16H2,1-3,5-10H3/b15-14-,20-12?,21-19+. The van der Waals surface area contributed by atoms with Crippen LogP contribution < -0.4 is 0 Å². The lowest BCUT2D eigenvalue weighted by molar-refractivity contribution is 0.168.